The highest BCUT2D eigenvalue weighted by Crippen LogP contribution is 2.24. The summed E-state index contributed by atoms with van der Waals surface area (Å²) in [6.45, 7) is 6.63. The van der Waals surface area contributed by atoms with Gasteiger partial charge in [-0.15, -0.1) is 0 Å². The Bertz CT molecular complexity index is 972. The minimum atomic E-state index is -3.66. The van der Waals surface area contributed by atoms with Gasteiger partial charge in [0.2, 0.25) is 10.0 Å². The molecular weight excluding hydrogens is 392 g/mol. The van der Waals surface area contributed by atoms with Gasteiger partial charge in [0.1, 0.15) is 10.6 Å². The predicted molar refractivity (Wildman–Crippen MR) is 109 cm³/mol. The third-order valence-corrected chi connectivity index (χ3v) is 7.36. The lowest BCUT2D eigenvalue weighted by Gasteiger charge is -2.25. The smallest absolute Gasteiger partial charge is 0.263 e. The van der Waals surface area contributed by atoms with E-state index in [4.69, 9.17) is 4.74 Å². The van der Waals surface area contributed by atoms with E-state index < -0.39 is 16.1 Å². The van der Waals surface area contributed by atoms with Crippen LogP contribution in [0.15, 0.2) is 35.2 Å². The van der Waals surface area contributed by atoms with Crippen molar-refractivity contribution < 1.29 is 17.9 Å². The first-order chi connectivity index (χ1) is 13.7. The molecule has 2 heterocycles. The zero-order valence-electron chi connectivity index (χ0n) is 17.3. The molecule has 158 valence electrons. The van der Waals surface area contributed by atoms with E-state index in [2.05, 4.69) is 5.10 Å². The summed E-state index contributed by atoms with van der Waals surface area (Å²) in [7, 11) is -1.93. The highest BCUT2D eigenvalue weighted by Gasteiger charge is 2.33. The molecule has 1 aromatic heterocycles. The van der Waals surface area contributed by atoms with Crippen LogP contribution in [0, 0.1) is 13.8 Å². The SMILES string of the molecule is Cc1nn(C)c(C)c1S(=O)(=O)N1CCCN(C(=O)C(C)Oc2ccccc2)CC1. The van der Waals surface area contributed by atoms with Crippen LogP contribution in [0.2, 0.25) is 0 Å². The van der Waals surface area contributed by atoms with Gasteiger partial charge in [-0.1, -0.05) is 18.2 Å². The molecule has 0 radical (unpaired) electrons. The number of aromatic nitrogens is 2. The first kappa shape index (κ1) is 21.3. The molecule has 1 saturated heterocycles. The molecule has 0 saturated carbocycles. The molecule has 2 aromatic rings. The first-order valence-electron chi connectivity index (χ1n) is 9.72. The Morgan fingerprint density at radius 3 is 2.41 bits per heavy atom. The van der Waals surface area contributed by atoms with E-state index in [0.29, 0.717) is 43.2 Å². The number of rotatable bonds is 5. The average Bonchev–Trinajstić information content (AvgIpc) is 2.86. The Balaban J connectivity index is 1.69. The van der Waals surface area contributed by atoms with Crippen LogP contribution in [0.3, 0.4) is 0 Å². The van der Waals surface area contributed by atoms with E-state index in [0.717, 1.165) is 0 Å². The number of amides is 1. The molecular formula is C20H28N4O4S. The largest absolute Gasteiger partial charge is 0.481 e. The van der Waals surface area contributed by atoms with Crippen molar-refractivity contribution in [2.45, 2.75) is 38.2 Å². The molecule has 0 spiro atoms. The number of carbonyl (C=O) groups is 1. The summed E-state index contributed by atoms with van der Waals surface area (Å²) in [5.74, 6) is 0.497. The summed E-state index contributed by atoms with van der Waals surface area (Å²) in [4.78, 5) is 14.8. The molecule has 8 nitrogen and oxygen atoms in total. The van der Waals surface area contributed by atoms with Gasteiger partial charge < -0.3 is 9.64 Å². The Hall–Kier alpha value is -2.39. The summed E-state index contributed by atoms with van der Waals surface area (Å²) in [5.41, 5.74) is 1.11. The molecule has 1 aromatic carbocycles. The molecule has 1 aliphatic heterocycles. The topological polar surface area (TPSA) is 84.7 Å². The molecule has 0 aliphatic carbocycles. The van der Waals surface area contributed by atoms with Gasteiger partial charge in [0.15, 0.2) is 6.10 Å². The number of hydrogen-bond donors (Lipinski definition) is 0. The van der Waals surface area contributed by atoms with Crippen molar-refractivity contribution in [1.82, 2.24) is 19.0 Å². The second-order valence-corrected chi connectivity index (χ2v) is 9.15. The molecule has 1 unspecified atom stereocenters. The summed E-state index contributed by atoms with van der Waals surface area (Å²) in [5, 5.41) is 4.23. The quantitative estimate of drug-likeness (QED) is 0.735. The number of aryl methyl sites for hydroxylation is 2. The zero-order valence-corrected chi connectivity index (χ0v) is 18.1. The lowest BCUT2D eigenvalue weighted by Crippen LogP contribution is -2.43. The third-order valence-electron chi connectivity index (χ3n) is 5.21. The highest BCUT2D eigenvalue weighted by atomic mass is 32.2. The van der Waals surface area contributed by atoms with E-state index in [-0.39, 0.29) is 17.3 Å². The maximum atomic E-state index is 13.2. The van der Waals surface area contributed by atoms with Gasteiger partial charge in [-0.05, 0) is 39.3 Å². The van der Waals surface area contributed by atoms with Crippen molar-refractivity contribution in [2.24, 2.45) is 7.05 Å². The van der Waals surface area contributed by atoms with Crippen molar-refractivity contribution in [3.63, 3.8) is 0 Å². The van der Waals surface area contributed by atoms with Crippen LogP contribution in [0.1, 0.15) is 24.7 Å². The highest BCUT2D eigenvalue weighted by molar-refractivity contribution is 7.89. The van der Waals surface area contributed by atoms with Gasteiger partial charge in [-0.25, -0.2) is 8.42 Å². The fourth-order valence-corrected chi connectivity index (χ4v) is 5.49. The number of para-hydroxylation sites is 1. The van der Waals surface area contributed by atoms with Gasteiger partial charge in [0.25, 0.3) is 5.91 Å². The zero-order chi connectivity index (χ0) is 21.2. The van der Waals surface area contributed by atoms with E-state index >= 15 is 0 Å². The summed E-state index contributed by atoms with van der Waals surface area (Å²) < 4.78 is 35.2. The normalized spacial score (nSPS) is 17.0. The number of benzene rings is 1. The minimum absolute atomic E-state index is 0.137. The summed E-state index contributed by atoms with van der Waals surface area (Å²) >= 11 is 0. The second-order valence-electron chi connectivity index (χ2n) is 7.28. The Morgan fingerprint density at radius 1 is 1.10 bits per heavy atom. The van der Waals surface area contributed by atoms with Crippen molar-refractivity contribution in [2.75, 3.05) is 26.2 Å². The summed E-state index contributed by atoms with van der Waals surface area (Å²) in [6.07, 6.45) is -0.0650. The number of ether oxygens (including phenoxy) is 1. The van der Waals surface area contributed by atoms with Crippen molar-refractivity contribution in [3.05, 3.63) is 41.7 Å². The van der Waals surface area contributed by atoms with Gasteiger partial charge in [0, 0.05) is 33.2 Å². The standard InChI is InChI=1S/C20H28N4O4S/c1-15-19(16(2)22(4)21-15)29(26,27)24-12-8-11-23(13-14-24)20(25)17(3)28-18-9-6-5-7-10-18/h5-7,9-10,17H,8,11-14H2,1-4H3. The molecule has 1 amide bonds. The number of sulfonamides is 1. The van der Waals surface area contributed by atoms with Crippen LogP contribution < -0.4 is 4.74 Å². The molecule has 9 heteroatoms. The fourth-order valence-electron chi connectivity index (χ4n) is 3.62. The van der Waals surface area contributed by atoms with Crippen LogP contribution in [-0.4, -0.2) is 65.6 Å². The molecule has 1 aliphatic rings. The number of hydrogen-bond acceptors (Lipinski definition) is 5. The minimum Gasteiger partial charge on any atom is -0.481 e. The van der Waals surface area contributed by atoms with Crippen molar-refractivity contribution in [1.29, 1.82) is 0 Å². The summed E-state index contributed by atoms with van der Waals surface area (Å²) in [6, 6.07) is 9.19. The molecule has 1 atom stereocenters. The Labute approximate surface area is 172 Å². The van der Waals surface area contributed by atoms with E-state index in [1.165, 1.54) is 4.31 Å². The molecule has 0 bridgehead atoms. The average molecular weight is 421 g/mol. The molecule has 29 heavy (non-hydrogen) atoms. The van der Waals surface area contributed by atoms with E-state index in [1.807, 2.05) is 18.2 Å². The Morgan fingerprint density at radius 2 is 1.79 bits per heavy atom. The number of carbonyl (C=O) groups excluding carboxylic acids is 1. The lowest BCUT2D eigenvalue weighted by atomic mass is 10.3. The van der Waals surface area contributed by atoms with Crippen molar-refractivity contribution in [3.8, 4) is 5.75 Å². The first-order valence-corrected chi connectivity index (χ1v) is 11.2. The molecule has 0 N–H and O–H groups in total. The van der Waals surface area contributed by atoms with Crippen LogP contribution in [0.5, 0.6) is 5.75 Å². The van der Waals surface area contributed by atoms with Crippen LogP contribution in [-0.2, 0) is 21.9 Å². The van der Waals surface area contributed by atoms with Gasteiger partial charge in [-0.2, -0.15) is 9.40 Å². The van der Waals surface area contributed by atoms with Crippen LogP contribution in [0.25, 0.3) is 0 Å². The maximum Gasteiger partial charge on any atom is 0.263 e. The lowest BCUT2D eigenvalue weighted by molar-refractivity contribution is -0.137. The van der Waals surface area contributed by atoms with Crippen LogP contribution >= 0.6 is 0 Å². The van der Waals surface area contributed by atoms with Crippen molar-refractivity contribution >= 4 is 15.9 Å². The van der Waals surface area contributed by atoms with E-state index in [1.54, 1.807) is 49.5 Å². The predicted octanol–water partition coefficient (Wildman–Crippen LogP) is 1.73. The van der Waals surface area contributed by atoms with Gasteiger partial charge in [0.05, 0.1) is 11.4 Å². The van der Waals surface area contributed by atoms with Gasteiger partial charge >= 0.3 is 0 Å². The molecule has 1 fully saturated rings. The van der Waals surface area contributed by atoms with Crippen LogP contribution in [0.4, 0.5) is 0 Å². The van der Waals surface area contributed by atoms with E-state index in [9.17, 15) is 13.2 Å². The number of nitrogens with zero attached hydrogens (tertiary/aromatic N) is 4. The second kappa shape index (κ2) is 8.54. The maximum absolute atomic E-state index is 13.2. The molecule has 3 rings (SSSR count). The third kappa shape index (κ3) is 4.45. The fraction of sp³-hybridized carbons (Fsp3) is 0.500. The monoisotopic (exact) mass is 420 g/mol. The van der Waals surface area contributed by atoms with Gasteiger partial charge in [-0.3, -0.25) is 9.48 Å². The Kier molecular flexibility index (Phi) is 6.28.